The fourth-order valence-electron chi connectivity index (χ4n) is 2.93. The molecule has 1 N–H and O–H groups in total. The summed E-state index contributed by atoms with van der Waals surface area (Å²) in [5, 5.41) is 2.97. The third kappa shape index (κ3) is 4.83. The summed E-state index contributed by atoms with van der Waals surface area (Å²) in [4.78, 5) is 12.0. The van der Waals surface area contributed by atoms with E-state index in [9.17, 15) is 4.79 Å². The van der Waals surface area contributed by atoms with Crippen LogP contribution in [0.25, 0.3) is 0 Å². The highest BCUT2D eigenvalue weighted by Gasteiger charge is 2.18. The van der Waals surface area contributed by atoms with E-state index in [0.717, 1.165) is 21.7 Å². The van der Waals surface area contributed by atoms with Gasteiger partial charge in [0.05, 0.1) is 0 Å². The number of amides is 1. The second kappa shape index (κ2) is 7.64. The monoisotopic (exact) mass is 373 g/mol. The Hall–Kier alpha value is -1.81. The summed E-state index contributed by atoms with van der Waals surface area (Å²) in [5.74, 6) is 2.21. The molecule has 1 amide bonds. The number of anilines is 1. The fraction of sp³-hybridized carbons (Fsp3) is 0.316. The molecule has 120 valence electrons. The van der Waals surface area contributed by atoms with Gasteiger partial charge in [-0.3, -0.25) is 4.79 Å². The van der Waals surface area contributed by atoms with E-state index in [2.05, 4.69) is 21.2 Å². The first-order valence-electron chi connectivity index (χ1n) is 8.02. The molecule has 23 heavy (non-hydrogen) atoms. The van der Waals surface area contributed by atoms with E-state index in [1.165, 1.54) is 25.7 Å². The van der Waals surface area contributed by atoms with Crippen LogP contribution in [0.1, 0.15) is 32.1 Å². The van der Waals surface area contributed by atoms with Crippen LogP contribution in [0.15, 0.2) is 53.0 Å². The van der Waals surface area contributed by atoms with E-state index >= 15 is 0 Å². The quantitative estimate of drug-likeness (QED) is 0.723. The van der Waals surface area contributed by atoms with E-state index in [1.807, 2.05) is 48.5 Å². The third-order valence-electron chi connectivity index (χ3n) is 4.14. The van der Waals surface area contributed by atoms with Gasteiger partial charge in [0.15, 0.2) is 0 Å². The van der Waals surface area contributed by atoms with Gasteiger partial charge in [-0.05, 0) is 67.3 Å². The molecule has 0 atom stereocenters. The Balaban J connectivity index is 1.54. The molecule has 2 aromatic rings. The topological polar surface area (TPSA) is 38.3 Å². The Morgan fingerprint density at radius 3 is 2.17 bits per heavy atom. The van der Waals surface area contributed by atoms with Crippen molar-refractivity contribution in [3.8, 4) is 11.5 Å². The lowest BCUT2D eigenvalue weighted by molar-refractivity contribution is -0.117. The van der Waals surface area contributed by atoms with Crippen molar-refractivity contribution in [2.75, 3.05) is 5.32 Å². The summed E-state index contributed by atoms with van der Waals surface area (Å²) < 4.78 is 6.79. The maximum absolute atomic E-state index is 12.0. The normalized spacial score (nSPS) is 14.7. The second-order valence-electron chi connectivity index (χ2n) is 5.98. The maximum atomic E-state index is 12.0. The van der Waals surface area contributed by atoms with Crippen LogP contribution in [-0.4, -0.2) is 5.91 Å². The van der Waals surface area contributed by atoms with E-state index in [1.54, 1.807) is 0 Å². The van der Waals surface area contributed by atoms with Gasteiger partial charge in [0.25, 0.3) is 0 Å². The molecule has 0 aromatic heterocycles. The van der Waals surface area contributed by atoms with Crippen LogP contribution in [0.5, 0.6) is 11.5 Å². The standard InChI is InChI=1S/C19H20BrNO2/c20-15-5-9-17(10-6-15)23-18-11-7-16(8-12-18)21-19(22)13-14-3-1-2-4-14/h5-12,14H,1-4,13H2,(H,21,22). The molecule has 1 fully saturated rings. The molecular formula is C19H20BrNO2. The fourth-order valence-corrected chi connectivity index (χ4v) is 3.20. The highest BCUT2D eigenvalue weighted by Crippen LogP contribution is 2.28. The number of nitrogens with one attached hydrogen (secondary N) is 1. The molecule has 1 saturated carbocycles. The molecule has 3 rings (SSSR count). The summed E-state index contributed by atoms with van der Waals surface area (Å²) >= 11 is 3.40. The zero-order chi connectivity index (χ0) is 16.1. The molecule has 0 heterocycles. The Bertz CT molecular complexity index is 646. The number of rotatable bonds is 5. The van der Waals surface area contributed by atoms with Crippen molar-refractivity contribution in [2.24, 2.45) is 5.92 Å². The van der Waals surface area contributed by atoms with Gasteiger partial charge in [-0.15, -0.1) is 0 Å². The average molecular weight is 374 g/mol. The minimum absolute atomic E-state index is 0.110. The van der Waals surface area contributed by atoms with Crippen molar-refractivity contribution in [2.45, 2.75) is 32.1 Å². The zero-order valence-electron chi connectivity index (χ0n) is 12.9. The van der Waals surface area contributed by atoms with Gasteiger partial charge in [-0.25, -0.2) is 0 Å². The Morgan fingerprint density at radius 1 is 1.00 bits per heavy atom. The highest BCUT2D eigenvalue weighted by molar-refractivity contribution is 9.10. The van der Waals surface area contributed by atoms with Crippen LogP contribution in [0.4, 0.5) is 5.69 Å². The first kappa shape index (κ1) is 16.1. The summed E-state index contributed by atoms with van der Waals surface area (Å²) in [5.41, 5.74) is 0.816. The van der Waals surface area contributed by atoms with Gasteiger partial charge in [0, 0.05) is 16.6 Å². The minimum atomic E-state index is 0.110. The van der Waals surface area contributed by atoms with Gasteiger partial charge in [0.1, 0.15) is 11.5 Å². The Morgan fingerprint density at radius 2 is 1.57 bits per heavy atom. The summed E-state index contributed by atoms with van der Waals surface area (Å²) in [6.45, 7) is 0. The maximum Gasteiger partial charge on any atom is 0.224 e. The number of benzene rings is 2. The molecular weight excluding hydrogens is 354 g/mol. The summed E-state index contributed by atoms with van der Waals surface area (Å²) in [6.07, 6.45) is 5.54. The SMILES string of the molecule is O=C(CC1CCCC1)Nc1ccc(Oc2ccc(Br)cc2)cc1. The number of carbonyl (C=O) groups excluding carboxylic acids is 1. The molecule has 0 aliphatic heterocycles. The van der Waals surface area contributed by atoms with Crippen molar-refractivity contribution in [3.05, 3.63) is 53.0 Å². The lowest BCUT2D eigenvalue weighted by Crippen LogP contribution is -2.14. The molecule has 0 saturated heterocycles. The summed E-state index contributed by atoms with van der Waals surface area (Å²) in [6, 6.07) is 15.2. The van der Waals surface area contributed by atoms with E-state index in [0.29, 0.717) is 12.3 Å². The first-order chi connectivity index (χ1) is 11.2. The van der Waals surface area contributed by atoms with Gasteiger partial charge >= 0.3 is 0 Å². The van der Waals surface area contributed by atoms with Gasteiger partial charge in [-0.2, -0.15) is 0 Å². The molecule has 4 heteroatoms. The van der Waals surface area contributed by atoms with Crippen LogP contribution in [-0.2, 0) is 4.79 Å². The van der Waals surface area contributed by atoms with Crippen LogP contribution in [0.3, 0.4) is 0 Å². The Labute approximate surface area is 145 Å². The lowest BCUT2D eigenvalue weighted by atomic mass is 10.0. The predicted molar refractivity (Wildman–Crippen MR) is 95.9 cm³/mol. The first-order valence-corrected chi connectivity index (χ1v) is 8.82. The van der Waals surface area contributed by atoms with Crippen molar-refractivity contribution in [3.63, 3.8) is 0 Å². The van der Waals surface area contributed by atoms with Crippen molar-refractivity contribution in [1.82, 2.24) is 0 Å². The average Bonchev–Trinajstić information content (AvgIpc) is 3.04. The largest absolute Gasteiger partial charge is 0.457 e. The van der Waals surface area contributed by atoms with E-state index in [-0.39, 0.29) is 5.91 Å². The predicted octanol–water partition coefficient (Wildman–Crippen LogP) is 5.76. The van der Waals surface area contributed by atoms with Crippen LogP contribution < -0.4 is 10.1 Å². The van der Waals surface area contributed by atoms with Crippen molar-refractivity contribution < 1.29 is 9.53 Å². The van der Waals surface area contributed by atoms with E-state index in [4.69, 9.17) is 4.74 Å². The highest BCUT2D eigenvalue weighted by atomic mass is 79.9. The van der Waals surface area contributed by atoms with Gasteiger partial charge in [-0.1, -0.05) is 28.8 Å². The van der Waals surface area contributed by atoms with Crippen molar-refractivity contribution in [1.29, 1.82) is 0 Å². The van der Waals surface area contributed by atoms with Gasteiger partial charge < -0.3 is 10.1 Å². The zero-order valence-corrected chi connectivity index (χ0v) is 14.5. The van der Waals surface area contributed by atoms with E-state index < -0.39 is 0 Å². The number of ether oxygens (including phenoxy) is 1. The molecule has 2 aromatic carbocycles. The number of hydrogen-bond acceptors (Lipinski definition) is 2. The third-order valence-corrected chi connectivity index (χ3v) is 4.66. The lowest BCUT2D eigenvalue weighted by Gasteiger charge is -2.10. The number of carbonyl (C=O) groups is 1. The molecule has 0 bridgehead atoms. The van der Waals surface area contributed by atoms with Crippen molar-refractivity contribution >= 4 is 27.5 Å². The van der Waals surface area contributed by atoms with Crippen LogP contribution >= 0.6 is 15.9 Å². The Kier molecular flexibility index (Phi) is 5.34. The molecule has 3 nitrogen and oxygen atoms in total. The van der Waals surface area contributed by atoms with Crippen LogP contribution in [0.2, 0.25) is 0 Å². The minimum Gasteiger partial charge on any atom is -0.457 e. The molecule has 1 aliphatic rings. The number of hydrogen-bond donors (Lipinski definition) is 1. The molecule has 0 radical (unpaired) electrons. The van der Waals surface area contributed by atoms with Crippen LogP contribution in [0, 0.1) is 5.92 Å². The molecule has 0 unspecified atom stereocenters. The molecule has 1 aliphatic carbocycles. The second-order valence-corrected chi connectivity index (χ2v) is 6.90. The summed E-state index contributed by atoms with van der Waals surface area (Å²) in [7, 11) is 0. The van der Waals surface area contributed by atoms with Gasteiger partial charge in [0.2, 0.25) is 5.91 Å². The molecule has 0 spiro atoms. The number of halogens is 1. The smallest absolute Gasteiger partial charge is 0.224 e.